The van der Waals surface area contributed by atoms with Crippen LogP contribution < -0.4 is 14.4 Å². The number of halogens is 2. The summed E-state index contributed by atoms with van der Waals surface area (Å²) < 4.78 is 34.2. The SMILES string of the molecule is CCC(C(=O)NC(C)(C)C)N(Cc1ccc(OC)cc1)C(=O)CN(c1cccc(Cl)c1Cl)S(=O)(=O)c1ccc(C)cc1. The second kappa shape index (κ2) is 13.8. The third-order valence-electron chi connectivity index (χ3n) is 6.48. The lowest BCUT2D eigenvalue weighted by atomic mass is 10.1. The summed E-state index contributed by atoms with van der Waals surface area (Å²) in [4.78, 5) is 29.0. The van der Waals surface area contributed by atoms with Crippen molar-refractivity contribution in [1.82, 2.24) is 10.2 Å². The van der Waals surface area contributed by atoms with Crippen LogP contribution in [0.4, 0.5) is 5.69 Å². The van der Waals surface area contributed by atoms with Crippen molar-refractivity contribution in [3.05, 3.63) is 87.9 Å². The number of hydrogen-bond donors (Lipinski definition) is 1. The Kier molecular flexibility index (Phi) is 10.9. The predicted octanol–water partition coefficient (Wildman–Crippen LogP) is 6.23. The van der Waals surface area contributed by atoms with Crippen molar-refractivity contribution in [2.45, 2.75) is 64.1 Å². The first-order chi connectivity index (χ1) is 19.7. The molecule has 1 atom stereocenters. The number of nitrogens with zero attached hydrogens (tertiary/aromatic N) is 2. The van der Waals surface area contributed by atoms with Crippen molar-refractivity contribution in [3.63, 3.8) is 0 Å². The van der Waals surface area contributed by atoms with Crippen LogP contribution in [-0.4, -0.2) is 50.4 Å². The molecule has 0 aliphatic carbocycles. The molecule has 226 valence electrons. The van der Waals surface area contributed by atoms with Crippen molar-refractivity contribution in [2.75, 3.05) is 18.0 Å². The number of benzene rings is 3. The van der Waals surface area contributed by atoms with E-state index in [1.165, 1.54) is 29.2 Å². The molecule has 3 aromatic rings. The fraction of sp³-hybridized carbons (Fsp3) is 0.355. The quantitative estimate of drug-likeness (QED) is 0.270. The maximum Gasteiger partial charge on any atom is 0.264 e. The molecule has 3 aromatic carbocycles. The van der Waals surface area contributed by atoms with E-state index in [4.69, 9.17) is 27.9 Å². The summed E-state index contributed by atoms with van der Waals surface area (Å²) in [7, 11) is -2.72. The molecule has 2 amide bonds. The number of sulfonamides is 1. The van der Waals surface area contributed by atoms with E-state index in [9.17, 15) is 18.0 Å². The standard InChI is InChI=1S/C31H37Cl2N3O5S/c1-7-26(30(38)34-31(3,4)5)35(19-22-13-15-23(41-6)16-14-22)28(37)20-36(27-10-8-9-25(32)29(27)33)42(39,40)24-17-11-21(2)12-18-24/h8-18,26H,7,19-20H2,1-6H3,(H,34,38). The van der Waals surface area contributed by atoms with Gasteiger partial charge in [-0.2, -0.15) is 0 Å². The second-order valence-electron chi connectivity index (χ2n) is 10.9. The molecule has 11 heteroatoms. The van der Waals surface area contributed by atoms with E-state index in [0.717, 1.165) is 15.4 Å². The number of amides is 2. The number of rotatable bonds is 11. The number of hydrogen-bond acceptors (Lipinski definition) is 5. The first kappa shape index (κ1) is 33.2. The molecule has 0 heterocycles. The van der Waals surface area contributed by atoms with E-state index in [1.54, 1.807) is 56.5 Å². The van der Waals surface area contributed by atoms with E-state index < -0.39 is 34.1 Å². The van der Waals surface area contributed by atoms with E-state index >= 15 is 0 Å². The molecule has 0 aliphatic heterocycles. The Morgan fingerprint density at radius 1 is 0.976 bits per heavy atom. The van der Waals surface area contributed by atoms with Crippen molar-refractivity contribution in [2.24, 2.45) is 0 Å². The highest BCUT2D eigenvalue weighted by Gasteiger charge is 2.35. The molecule has 0 saturated heterocycles. The molecule has 3 rings (SSSR count). The third-order valence-corrected chi connectivity index (χ3v) is 9.07. The monoisotopic (exact) mass is 633 g/mol. The molecule has 1 unspecified atom stereocenters. The van der Waals surface area contributed by atoms with Crippen molar-refractivity contribution in [1.29, 1.82) is 0 Å². The van der Waals surface area contributed by atoms with Gasteiger partial charge in [0, 0.05) is 12.1 Å². The zero-order valence-corrected chi connectivity index (χ0v) is 27.0. The minimum atomic E-state index is -4.28. The van der Waals surface area contributed by atoms with Crippen LogP contribution in [0.2, 0.25) is 10.0 Å². The number of aryl methyl sites for hydroxylation is 1. The fourth-order valence-corrected chi connectivity index (χ4v) is 6.21. The minimum absolute atomic E-state index is 0.0122. The zero-order chi connectivity index (χ0) is 31.2. The van der Waals surface area contributed by atoms with Gasteiger partial charge in [-0.25, -0.2) is 8.42 Å². The number of carbonyl (C=O) groups is 2. The molecule has 8 nitrogen and oxygen atoms in total. The first-order valence-corrected chi connectivity index (χ1v) is 15.7. The van der Waals surface area contributed by atoms with Crippen LogP contribution >= 0.6 is 23.2 Å². The van der Waals surface area contributed by atoms with Crippen molar-refractivity contribution < 1.29 is 22.7 Å². The summed E-state index contributed by atoms with van der Waals surface area (Å²) in [6.45, 7) is 8.64. The largest absolute Gasteiger partial charge is 0.497 e. The van der Waals surface area contributed by atoms with Crippen LogP contribution in [0, 0.1) is 6.92 Å². The molecule has 0 radical (unpaired) electrons. The van der Waals surface area contributed by atoms with Gasteiger partial charge in [0.25, 0.3) is 10.0 Å². The summed E-state index contributed by atoms with van der Waals surface area (Å²) in [5.74, 6) is -0.297. The minimum Gasteiger partial charge on any atom is -0.497 e. The average Bonchev–Trinajstić information content (AvgIpc) is 2.92. The molecule has 0 aromatic heterocycles. The van der Waals surface area contributed by atoms with Crippen LogP contribution in [0.15, 0.2) is 71.6 Å². The maximum absolute atomic E-state index is 14.2. The topological polar surface area (TPSA) is 96.0 Å². The predicted molar refractivity (Wildman–Crippen MR) is 168 cm³/mol. The summed E-state index contributed by atoms with van der Waals surface area (Å²) >= 11 is 12.8. The van der Waals surface area contributed by atoms with Gasteiger partial charge in [0.05, 0.1) is 27.7 Å². The molecule has 0 spiro atoms. The molecule has 1 N–H and O–H groups in total. The van der Waals surface area contributed by atoms with Gasteiger partial charge < -0.3 is 15.0 Å². The van der Waals surface area contributed by atoms with Gasteiger partial charge in [0.2, 0.25) is 11.8 Å². The van der Waals surface area contributed by atoms with E-state index in [0.29, 0.717) is 12.2 Å². The smallest absolute Gasteiger partial charge is 0.264 e. The fourth-order valence-electron chi connectivity index (χ4n) is 4.34. The first-order valence-electron chi connectivity index (χ1n) is 13.5. The molecule has 42 heavy (non-hydrogen) atoms. The lowest BCUT2D eigenvalue weighted by Crippen LogP contribution is -2.55. The van der Waals surface area contributed by atoms with Crippen LogP contribution in [0.3, 0.4) is 0 Å². The van der Waals surface area contributed by atoms with Crippen LogP contribution in [-0.2, 0) is 26.2 Å². The Balaban J connectivity index is 2.11. The lowest BCUT2D eigenvalue weighted by Gasteiger charge is -2.35. The number of carbonyl (C=O) groups excluding carboxylic acids is 2. The molecule has 0 fully saturated rings. The lowest BCUT2D eigenvalue weighted by molar-refractivity contribution is -0.141. The molecule has 0 bridgehead atoms. The van der Waals surface area contributed by atoms with Crippen molar-refractivity contribution in [3.8, 4) is 5.75 Å². The number of methoxy groups -OCH3 is 1. The Morgan fingerprint density at radius 2 is 1.60 bits per heavy atom. The van der Waals surface area contributed by atoms with Crippen LogP contribution in [0.5, 0.6) is 5.75 Å². The van der Waals surface area contributed by atoms with Gasteiger partial charge in [-0.15, -0.1) is 0 Å². The van der Waals surface area contributed by atoms with Crippen LogP contribution in [0.1, 0.15) is 45.2 Å². The Labute approximate surface area is 258 Å². The maximum atomic E-state index is 14.2. The zero-order valence-electron chi connectivity index (χ0n) is 24.6. The Bertz CT molecular complexity index is 1510. The average molecular weight is 635 g/mol. The third kappa shape index (κ3) is 8.18. The van der Waals surface area contributed by atoms with Crippen LogP contribution in [0.25, 0.3) is 0 Å². The van der Waals surface area contributed by atoms with Gasteiger partial charge >= 0.3 is 0 Å². The summed E-state index contributed by atoms with van der Waals surface area (Å²) in [6.07, 6.45) is 0.298. The number of anilines is 1. The van der Waals surface area contributed by atoms with E-state index in [-0.39, 0.29) is 33.1 Å². The van der Waals surface area contributed by atoms with E-state index in [2.05, 4.69) is 5.32 Å². The normalized spacial score (nSPS) is 12.4. The summed E-state index contributed by atoms with van der Waals surface area (Å²) in [6, 6.07) is 17.1. The highest BCUT2D eigenvalue weighted by atomic mass is 35.5. The summed E-state index contributed by atoms with van der Waals surface area (Å²) in [5.41, 5.74) is 1.11. The van der Waals surface area contributed by atoms with Gasteiger partial charge in [0.15, 0.2) is 0 Å². The van der Waals surface area contributed by atoms with Gasteiger partial charge in [-0.1, -0.05) is 66.0 Å². The Morgan fingerprint density at radius 3 is 2.14 bits per heavy atom. The molecular formula is C31H37Cl2N3O5S. The molecule has 0 aliphatic rings. The van der Waals surface area contributed by atoms with Crippen molar-refractivity contribution >= 4 is 50.7 Å². The number of nitrogens with one attached hydrogen (secondary N) is 1. The van der Waals surface area contributed by atoms with E-state index in [1.807, 2.05) is 27.7 Å². The second-order valence-corrected chi connectivity index (χ2v) is 13.6. The highest BCUT2D eigenvalue weighted by molar-refractivity contribution is 7.92. The molecule has 0 saturated carbocycles. The summed E-state index contributed by atoms with van der Waals surface area (Å²) in [5, 5.41) is 3.07. The van der Waals surface area contributed by atoms with Gasteiger partial charge in [-0.05, 0) is 76.1 Å². The highest BCUT2D eigenvalue weighted by Crippen LogP contribution is 2.35. The molecular weight excluding hydrogens is 597 g/mol. The Hall–Kier alpha value is -3.27. The number of ether oxygens (including phenoxy) is 1. The van der Waals surface area contributed by atoms with Gasteiger partial charge in [0.1, 0.15) is 18.3 Å². The van der Waals surface area contributed by atoms with Gasteiger partial charge in [-0.3, -0.25) is 13.9 Å².